The van der Waals surface area contributed by atoms with Crippen LogP contribution in [-0.2, 0) is 19.1 Å². The van der Waals surface area contributed by atoms with Gasteiger partial charge in [-0.3, -0.25) is 9.59 Å². The molecule has 0 radical (unpaired) electrons. The minimum atomic E-state index is -0.776. The normalized spacial score (nSPS) is 18.6. The van der Waals surface area contributed by atoms with Crippen molar-refractivity contribution in [2.75, 3.05) is 24.8 Å². The Kier molecular flexibility index (Phi) is 6.25. The molecule has 1 aromatic heterocycles. The van der Waals surface area contributed by atoms with E-state index in [1.807, 2.05) is 0 Å². The Hall–Kier alpha value is -2.94. The number of furan rings is 1. The predicted molar refractivity (Wildman–Crippen MR) is 103 cm³/mol. The van der Waals surface area contributed by atoms with Crippen LogP contribution in [0.3, 0.4) is 0 Å². The van der Waals surface area contributed by atoms with Crippen LogP contribution in [0.15, 0.2) is 47.1 Å². The molecule has 0 bridgehead atoms. The van der Waals surface area contributed by atoms with Gasteiger partial charge in [0.2, 0.25) is 5.91 Å². The van der Waals surface area contributed by atoms with Crippen LogP contribution < -0.4 is 10.1 Å². The van der Waals surface area contributed by atoms with E-state index in [1.165, 1.54) is 37.0 Å². The van der Waals surface area contributed by atoms with Gasteiger partial charge in [0, 0.05) is 24.4 Å². The van der Waals surface area contributed by atoms with E-state index < -0.39 is 29.9 Å². The fourth-order valence-electron chi connectivity index (χ4n) is 2.85. The topological polar surface area (TPSA) is 98.1 Å². The third-order valence-electron chi connectivity index (χ3n) is 4.12. The maximum atomic E-state index is 12.5. The molecule has 8 nitrogen and oxygen atoms in total. The molecule has 0 spiro atoms. The molecule has 2 aromatic rings. The van der Waals surface area contributed by atoms with Gasteiger partial charge in [0.05, 0.1) is 13.4 Å². The third kappa shape index (κ3) is 4.48. The molecule has 2 atom stereocenters. The minimum absolute atomic E-state index is 0.269. The number of hydrogen-bond acceptors (Lipinski definition) is 7. The highest BCUT2D eigenvalue weighted by atomic mass is 32.2. The third-order valence-corrected chi connectivity index (χ3v) is 5.41. The lowest BCUT2D eigenvalue weighted by Crippen LogP contribution is -2.43. The Bertz CT molecular complexity index is 854. The van der Waals surface area contributed by atoms with E-state index in [1.54, 1.807) is 36.4 Å². The maximum absolute atomic E-state index is 12.5. The summed E-state index contributed by atoms with van der Waals surface area (Å²) in [6, 6.07) is 9.53. The fraction of sp³-hybridized carbons (Fsp3) is 0.316. The summed E-state index contributed by atoms with van der Waals surface area (Å²) in [6.07, 6.45) is 1.52. The zero-order chi connectivity index (χ0) is 20.1. The van der Waals surface area contributed by atoms with Crippen LogP contribution in [0.2, 0.25) is 0 Å². The van der Waals surface area contributed by atoms with E-state index >= 15 is 0 Å². The van der Waals surface area contributed by atoms with Gasteiger partial charge in [-0.1, -0.05) is 6.07 Å². The summed E-state index contributed by atoms with van der Waals surface area (Å²) in [5.74, 6) is 0.169. The van der Waals surface area contributed by atoms with Crippen LogP contribution in [0, 0.1) is 0 Å². The number of anilines is 1. The van der Waals surface area contributed by atoms with Gasteiger partial charge >= 0.3 is 5.97 Å². The summed E-state index contributed by atoms with van der Waals surface area (Å²) < 4.78 is 15.6. The number of methoxy groups -OCH3 is 1. The first-order chi connectivity index (χ1) is 13.5. The second-order valence-electron chi connectivity index (χ2n) is 6.03. The molecule has 3 rings (SSSR count). The maximum Gasteiger partial charge on any atom is 0.330 e. The quantitative estimate of drug-likeness (QED) is 0.739. The lowest BCUT2D eigenvalue weighted by Gasteiger charge is -2.25. The number of rotatable bonds is 6. The number of esters is 1. The summed E-state index contributed by atoms with van der Waals surface area (Å²) in [5.41, 5.74) is 0.528. The molecule has 9 heteroatoms. The summed E-state index contributed by atoms with van der Waals surface area (Å²) in [4.78, 5) is 38.0. The van der Waals surface area contributed by atoms with Gasteiger partial charge in [0.15, 0.2) is 6.61 Å². The number of hydrogen-bond donors (Lipinski definition) is 1. The highest BCUT2D eigenvalue weighted by molar-refractivity contribution is 7.99. The highest BCUT2D eigenvalue weighted by Crippen LogP contribution is 2.41. The SMILES string of the molecule is COc1cccc(NC(=O)COC(=O)[C@@H]2CS[C@H](c3ccco3)N2C(C)=O)c1. The molecule has 1 fully saturated rings. The summed E-state index contributed by atoms with van der Waals surface area (Å²) in [5, 5.41) is 2.24. The molecule has 28 heavy (non-hydrogen) atoms. The molecule has 1 N–H and O–H groups in total. The van der Waals surface area contributed by atoms with Crippen molar-refractivity contribution in [2.45, 2.75) is 18.3 Å². The van der Waals surface area contributed by atoms with Crippen molar-refractivity contribution < 1.29 is 28.3 Å². The van der Waals surface area contributed by atoms with Crippen LogP contribution >= 0.6 is 11.8 Å². The van der Waals surface area contributed by atoms with Gasteiger partial charge in [-0.15, -0.1) is 11.8 Å². The van der Waals surface area contributed by atoms with Crippen molar-refractivity contribution in [3.63, 3.8) is 0 Å². The first-order valence-corrected chi connectivity index (χ1v) is 9.59. The molecule has 2 heterocycles. The van der Waals surface area contributed by atoms with Gasteiger partial charge in [-0.25, -0.2) is 4.79 Å². The minimum Gasteiger partial charge on any atom is -0.497 e. The van der Waals surface area contributed by atoms with Crippen LogP contribution in [0.25, 0.3) is 0 Å². The number of amides is 2. The van der Waals surface area contributed by atoms with Crippen LogP contribution in [0.4, 0.5) is 5.69 Å². The van der Waals surface area contributed by atoms with E-state index in [-0.39, 0.29) is 5.91 Å². The number of carbonyl (C=O) groups is 3. The monoisotopic (exact) mass is 404 g/mol. The Labute approximate surface area is 166 Å². The predicted octanol–water partition coefficient (Wildman–Crippen LogP) is 2.43. The standard InChI is InChI=1S/C19H20N2O6S/c1-12(22)21-15(11-28-18(21)16-7-4-8-26-16)19(24)27-10-17(23)20-13-5-3-6-14(9-13)25-2/h3-9,15,18H,10-11H2,1-2H3,(H,20,23)/t15-,18+/m0/s1. The molecule has 0 unspecified atom stereocenters. The number of nitrogens with one attached hydrogen (secondary N) is 1. The molecular weight excluding hydrogens is 384 g/mol. The lowest BCUT2D eigenvalue weighted by atomic mass is 10.2. The van der Waals surface area contributed by atoms with Gasteiger partial charge < -0.3 is 24.1 Å². The second kappa shape index (κ2) is 8.83. The molecule has 1 aromatic carbocycles. The molecule has 1 aliphatic heterocycles. The molecule has 1 saturated heterocycles. The zero-order valence-corrected chi connectivity index (χ0v) is 16.2. The van der Waals surface area contributed by atoms with Crippen molar-refractivity contribution in [1.82, 2.24) is 4.90 Å². The number of carbonyl (C=O) groups excluding carboxylic acids is 3. The fourth-order valence-corrected chi connectivity index (χ4v) is 4.27. The van der Waals surface area contributed by atoms with E-state index in [2.05, 4.69) is 5.32 Å². The van der Waals surface area contributed by atoms with Crippen molar-refractivity contribution in [3.8, 4) is 5.75 Å². The van der Waals surface area contributed by atoms with Gasteiger partial charge in [-0.2, -0.15) is 0 Å². The average molecular weight is 404 g/mol. The molecular formula is C19H20N2O6S. The van der Waals surface area contributed by atoms with Gasteiger partial charge in [0.25, 0.3) is 5.91 Å². The smallest absolute Gasteiger partial charge is 0.330 e. The largest absolute Gasteiger partial charge is 0.497 e. The summed E-state index contributed by atoms with van der Waals surface area (Å²) in [6.45, 7) is 0.936. The van der Waals surface area contributed by atoms with Crippen molar-refractivity contribution in [1.29, 1.82) is 0 Å². The highest BCUT2D eigenvalue weighted by Gasteiger charge is 2.43. The number of thioether (sulfide) groups is 1. The van der Waals surface area contributed by atoms with Crippen molar-refractivity contribution in [2.24, 2.45) is 0 Å². The van der Waals surface area contributed by atoms with Gasteiger partial charge in [-0.05, 0) is 24.3 Å². The summed E-state index contributed by atoms with van der Waals surface area (Å²) >= 11 is 1.41. The van der Waals surface area contributed by atoms with E-state index in [9.17, 15) is 14.4 Å². The average Bonchev–Trinajstić information content (AvgIpc) is 3.35. The van der Waals surface area contributed by atoms with E-state index in [4.69, 9.17) is 13.9 Å². The molecule has 148 valence electrons. The molecule has 0 saturated carbocycles. The number of ether oxygens (including phenoxy) is 2. The summed E-state index contributed by atoms with van der Waals surface area (Å²) in [7, 11) is 1.53. The number of benzene rings is 1. The van der Waals surface area contributed by atoms with E-state index in [0.29, 0.717) is 22.9 Å². The van der Waals surface area contributed by atoms with Crippen molar-refractivity contribution >= 4 is 35.2 Å². The van der Waals surface area contributed by atoms with Crippen molar-refractivity contribution in [3.05, 3.63) is 48.4 Å². The lowest BCUT2D eigenvalue weighted by molar-refractivity contribution is -0.155. The van der Waals surface area contributed by atoms with Crippen LogP contribution in [0.5, 0.6) is 5.75 Å². The first-order valence-electron chi connectivity index (χ1n) is 8.54. The first kappa shape index (κ1) is 19.8. The molecule has 0 aliphatic carbocycles. The van der Waals surface area contributed by atoms with Crippen LogP contribution in [0.1, 0.15) is 18.1 Å². The molecule has 2 amide bonds. The van der Waals surface area contributed by atoms with E-state index in [0.717, 1.165) is 0 Å². The number of nitrogens with zero attached hydrogens (tertiary/aromatic N) is 1. The van der Waals surface area contributed by atoms with Crippen LogP contribution in [-0.4, -0.2) is 48.2 Å². The Morgan fingerprint density at radius 3 is 2.79 bits per heavy atom. The Balaban J connectivity index is 1.57. The zero-order valence-electron chi connectivity index (χ0n) is 15.4. The Morgan fingerprint density at radius 2 is 2.11 bits per heavy atom. The van der Waals surface area contributed by atoms with Gasteiger partial charge in [0.1, 0.15) is 22.9 Å². The second-order valence-corrected chi connectivity index (χ2v) is 7.14. The molecule has 1 aliphatic rings. The Morgan fingerprint density at radius 1 is 1.29 bits per heavy atom.